The Morgan fingerprint density at radius 1 is 1.39 bits per heavy atom. The number of nitrogens with zero attached hydrogens (tertiary/aromatic N) is 1. The van der Waals surface area contributed by atoms with Crippen molar-refractivity contribution in [1.82, 2.24) is 4.90 Å². The molecule has 1 saturated heterocycles. The van der Waals surface area contributed by atoms with Gasteiger partial charge < -0.3 is 9.64 Å². The minimum absolute atomic E-state index is 0.0670. The molecule has 1 aromatic rings. The minimum atomic E-state index is -3.02. The maximum absolute atomic E-state index is 12.5. The van der Waals surface area contributed by atoms with Crippen molar-refractivity contribution < 1.29 is 17.9 Å². The predicted octanol–water partition coefficient (Wildman–Crippen LogP) is 2.64. The average molecular weight is 404 g/mol. The summed E-state index contributed by atoms with van der Waals surface area (Å²) in [6.07, 6.45) is 2.33. The normalized spacial score (nSPS) is 19.5. The van der Waals surface area contributed by atoms with Crippen molar-refractivity contribution in [2.24, 2.45) is 0 Å². The van der Waals surface area contributed by atoms with Gasteiger partial charge in [-0.1, -0.05) is 25.5 Å². The quantitative estimate of drug-likeness (QED) is 0.701. The largest absolute Gasteiger partial charge is 0.483 e. The highest BCUT2D eigenvalue weighted by Gasteiger charge is 2.34. The molecule has 1 atom stereocenters. The number of unbranched alkanes of at least 4 members (excludes halogenated alkanes) is 1. The van der Waals surface area contributed by atoms with Crippen molar-refractivity contribution in [1.29, 1.82) is 0 Å². The average Bonchev–Trinajstić information content (AvgIpc) is 2.87. The van der Waals surface area contributed by atoms with Crippen LogP contribution in [0.25, 0.3) is 0 Å². The Morgan fingerprint density at radius 2 is 2.13 bits per heavy atom. The summed E-state index contributed by atoms with van der Waals surface area (Å²) in [6, 6.07) is 7.12. The number of carbonyl (C=O) groups is 1. The highest BCUT2D eigenvalue weighted by Crippen LogP contribution is 2.24. The van der Waals surface area contributed by atoms with Gasteiger partial charge in [-0.05, 0) is 40.9 Å². The second-order valence-corrected chi connectivity index (χ2v) is 8.80. The number of amides is 1. The molecule has 128 valence electrons. The monoisotopic (exact) mass is 403 g/mol. The summed E-state index contributed by atoms with van der Waals surface area (Å²) in [5, 5.41) is 0. The Hall–Kier alpha value is -1.08. The number of carbonyl (C=O) groups excluding carboxylic acids is 1. The number of hydrogen-bond donors (Lipinski definition) is 0. The van der Waals surface area contributed by atoms with Gasteiger partial charge in [-0.25, -0.2) is 8.42 Å². The van der Waals surface area contributed by atoms with Crippen LogP contribution in [0.4, 0.5) is 0 Å². The molecule has 0 saturated carbocycles. The topological polar surface area (TPSA) is 63.7 Å². The Bertz CT molecular complexity index is 647. The highest BCUT2D eigenvalue weighted by atomic mass is 79.9. The van der Waals surface area contributed by atoms with Crippen molar-refractivity contribution in [2.45, 2.75) is 32.2 Å². The molecule has 1 aliphatic rings. The summed E-state index contributed by atoms with van der Waals surface area (Å²) in [6.45, 7) is 2.54. The molecule has 1 aromatic carbocycles. The molecule has 1 unspecified atom stereocenters. The number of benzene rings is 1. The number of para-hydroxylation sites is 1. The van der Waals surface area contributed by atoms with Crippen LogP contribution in [0, 0.1) is 0 Å². The predicted molar refractivity (Wildman–Crippen MR) is 93.3 cm³/mol. The van der Waals surface area contributed by atoms with E-state index in [-0.39, 0.29) is 30.1 Å². The van der Waals surface area contributed by atoms with Crippen LogP contribution in [0.2, 0.25) is 0 Å². The van der Waals surface area contributed by atoms with Gasteiger partial charge in [-0.3, -0.25) is 4.79 Å². The van der Waals surface area contributed by atoms with E-state index < -0.39 is 9.84 Å². The lowest BCUT2D eigenvalue weighted by Gasteiger charge is -2.28. The molecular formula is C16H22BrNO4S. The fraction of sp³-hybridized carbons (Fsp3) is 0.562. The number of halogens is 1. The lowest BCUT2D eigenvalue weighted by Crippen LogP contribution is -2.44. The van der Waals surface area contributed by atoms with Gasteiger partial charge in [0.2, 0.25) is 0 Å². The lowest BCUT2D eigenvalue weighted by molar-refractivity contribution is -0.135. The third kappa shape index (κ3) is 5.21. The van der Waals surface area contributed by atoms with Gasteiger partial charge in [0.1, 0.15) is 5.75 Å². The molecule has 0 bridgehead atoms. The van der Waals surface area contributed by atoms with Gasteiger partial charge in [-0.2, -0.15) is 0 Å². The number of hydrogen-bond acceptors (Lipinski definition) is 4. The molecule has 7 heteroatoms. The smallest absolute Gasteiger partial charge is 0.260 e. The fourth-order valence-electron chi connectivity index (χ4n) is 2.64. The Morgan fingerprint density at radius 3 is 2.74 bits per heavy atom. The van der Waals surface area contributed by atoms with Crippen LogP contribution in [0.3, 0.4) is 0 Å². The van der Waals surface area contributed by atoms with Gasteiger partial charge in [0, 0.05) is 12.6 Å². The lowest BCUT2D eigenvalue weighted by atomic mass is 10.2. The van der Waals surface area contributed by atoms with Gasteiger partial charge in [0.15, 0.2) is 16.4 Å². The second-order valence-electron chi connectivity index (χ2n) is 5.72. The zero-order chi connectivity index (χ0) is 16.9. The molecule has 1 heterocycles. The zero-order valence-electron chi connectivity index (χ0n) is 13.2. The van der Waals surface area contributed by atoms with Gasteiger partial charge in [0.25, 0.3) is 5.91 Å². The van der Waals surface area contributed by atoms with Crippen LogP contribution in [-0.4, -0.2) is 49.9 Å². The Balaban J connectivity index is 2.00. The zero-order valence-corrected chi connectivity index (χ0v) is 15.6. The molecule has 1 aliphatic heterocycles. The van der Waals surface area contributed by atoms with E-state index in [9.17, 15) is 13.2 Å². The fourth-order valence-corrected chi connectivity index (χ4v) is 4.77. The van der Waals surface area contributed by atoms with E-state index in [1.165, 1.54) is 0 Å². The van der Waals surface area contributed by atoms with Crippen LogP contribution in [-0.2, 0) is 14.6 Å². The summed E-state index contributed by atoms with van der Waals surface area (Å²) in [4.78, 5) is 14.2. The van der Waals surface area contributed by atoms with Gasteiger partial charge >= 0.3 is 0 Å². The van der Waals surface area contributed by atoms with E-state index in [1.807, 2.05) is 25.1 Å². The van der Waals surface area contributed by atoms with E-state index in [0.29, 0.717) is 18.7 Å². The molecule has 5 nitrogen and oxygen atoms in total. The maximum atomic E-state index is 12.5. The van der Waals surface area contributed by atoms with E-state index >= 15 is 0 Å². The van der Waals surface area contributed by atoms with Crippen LogP contribution in [0.1, 0.15) is 26.2 Å². The van der Waals surface area contributed by atoms with E-state index in [0.717, 1.165) is 17.3 Å². The van der Waals surface area contributed by atoms with Crippen molar-refractivity contribution in [2.75, 3.05) is 24.7 Å². The van der Waals surface area contributed by atoms with Crippen molar-refractivity contribution in [3.05, 3.63) is 28.7 Å². The SMILES string of the molecule is CCCCN(C(=O)COc1ccccc1Br)C1CCS(=O)(=O)C1. The molecule has 0 N–H and O–H groups in total. The maximum Gasteiger partial charge on any atom is 0.260 e. The summed E-state index contributed by atoms with van der Waals surface area (Å²) < 4.78 is 29.8. The molecule has 23 heavy (non-hydrogen) atoms. The highest BCUT2D eigenvalue weighted by molar-refractivity contribution is 9.10. The first-order chi connectivity index (χ1) is 10.9. The molecule has 1 fully saturated rings. The molecule has 0 radical (unpaired) electrons. The second kappa shape index (κ2) is 8.15. The van der Waals surface area contributed by atoms with E-state index in [2.05, 4.69) is 15.9 Å². The summed E-state index contributed by atoms with van der Waals surface area (Å²) in [5.74, 6) is 0.683. The molecule has 1 amide bonds. The third-order valence-corrected chi connectivity index (χ3v) is 6.32. The number of rotatable bonds is 7. The van der Waals surface area contributed by atoms with Crippen molar-refractivity contribution >= 4 is 31.7 Å². The molecule has 0 aliphatic carbocycles. The first-order valence-electron chi connectivity index (χ1n) is 7.80. The first kappa shape index (κ1) is 18.3. The van der Waals surface area contributed by atoms with E-state index in [4.69, 9.17) is 4.74 Å². The molecule has 2 rings (SSSR count). The standard InChI is InChI=1S/C16H22BrNO4S/c1-2-3-9-18(13-8-10-23(20,21)12-13)16(19)11-22-15-7-5-4-6-14(15)17/h4-7,13H,2-3,8-12H2,1H3. The third-order valence-electron chi connectivity index (χ3n) is 3.91. The van der Waals surface area contributed by atoms with E-state index in [1.54, 1.807) is 11.0 Å². The van der Waals surface area contributed by atoms with Crippen LogP contribution in [0.5, 0.6) is 5.75 Å². The van der Waals surface area contributed by atoms with Gasteiger partial charge in [0.05, 0.1) is 16.0 Å². The van der Waals surface area contributed by atoms with Crippen LogP contribution in [0.15, 0.2) is 28.7 Å². The molecular weight excluding hydrogens is 382 g/mol. The number of sulfone groups is 1. The van der Waals surface area contributed by atoms with Gasteiger partial charge in [-0.15, -0.1) is 0 Å². The molecule has 0 spiro atoms. The Labute approximate surface area is 146 Å². The first-order valence-corrected chi connectivity index (χ1v) is 10.4. The summed E-state index contributed by atoms with van der Waals surface area (Å²) in [5.41, 5.74) is 0. The summed E-state index contributed by atoms with van der Waals surface area (Å²) in [7, 11) is -3.02. The number of ether oxygens (including phenoxy) is 1. The van der Waals surface area contributed by atoms with Crippen molar-refractivity contribution in [3.8, 4) is 5.75 Å². The minimum Gasteiger partial charge on any atom is -0.483 e. The Kier molecular flexibility index (Phi) is 6.47. The van der Waals surface area contributed by atoms with Crippen molar-refractivity contribution in [3.63, 3.8) is 0 Å². The van der Waals surface area contributed by atoms with Crippen LogP contribution < -0.4 is 4.74 Å². The molecule has 0 aromatic heterocycles. The van der Waals surface area contributed by atoms with Crippen LogP contribution >= 0.6 is 15.9 Å². The summed E-state index contributed by atoms with van der Waals surface area (Å²) >= 11 is 3.38.